The summed E-state index contributed by atoms with van der Waals surface area (Å²) in [6.45, 7) is 4.24. The van der Waals surface area contributed by atoms with Crippen LogP contribution in [0.1, 0.15) is 277 Å². The van der Waals surface area contributed by atoms with Gasteiger partial charge in [0.25, 0.3) is 0 Å². The maximum Gasteiger partial charge on any atom is 0.222 e. The van der Waals surface area contributed by atoms with Gasteiger partial charge in [0, 0.05) is 0 Å². The number of hydrogen-bond acceptors (Lipinski definition) is 4. The number of carbonyl (C=O) groups is 1. The van der Waals surface area contributed by atoms with Crippen LogP contribution in [0.25, 0.3) is 0 Å². The van der Waals surface area contributed by atoms with Crippen molar-refractivity contribution in [2.45, 2.75) is 295 Å². The number of amides is 1. The summed E-state index contributed by atoms with van der Waals surface area (Å²) in [5, 5.41) is 33.4. The summed E-state index contributed by atoms with van der Waals surface area (Å²) in [6.07, 6.45) is 59.1. The van der Waals surface area contributed by atoms with E-state index >= 15 is 0 Å². The van der Waals surface area contributed by atoms with E-state index in [0.717, 1.165) is 25.7 Å². The maximum absolute atomic E-state index is 12.5. The quantitative estimate of drug-likeness (QED) is 0.0364. The lowest BCUT2D eigenvalue weighted by Gasteiger charge is -2.21. The molecule has 0 saturated carbocycles. The first-order valence-corrected chi connectivity index (χ1v) is 25.6. The first kappa shape index (κ1) is 55.8. The van der Waals surface area contributed by atoms with Crippen LogP contribution in [0.15, 0.2) is 24.3 Å². The van der Waals surface area contributed by atoms with Gasteiger partial charge in [-0.2, -0.15) is 0 Å². The molecule has 0 aliphatic carbocycles. The predicted octanol–water partition coefficient (Wildman–Crippen LogP) is 15.3. The number of allylic oxidation sites excluding steroid dienone is 3. The molecule has 0 aromatic heterocycles. The zero-order valence-electron chi connectivity index (χ0n) is 38.5. The molecule has 0 aromatic rings. The minimum absolute atomic E-state index is 0.0117. The van der Waals surface area contributed by atoms with E-state index < -0.39 is 18.2 Å². The molecule has 0 saturated heterocycles. The first-order chi connectivity index (χ1) is 28.0. The fourth-order valence-electron chi connectivity index (χ4n) is 8.04. The van der Waals surface area contributed by atoms with E-state index in [1.54, 1.807) is 6.08 Å². The van der Waals surface area contributed by atoms with Crippen molar-refractivity contribution in [1.82, 2.24) is 5.32 Å². The number of carbonyl (C=O) groups excluding carboxylic acids is 1. The first-order valence-electron chi connectivity index (χ1n) is 25.6. The summed E-state index contributed by atoms with van der Waals surface area (Å²) in [5.74, 6) is -0.315. The molecule has 0 aliphatic heterocycles. The number of unbranched alkanes of at least 4 members (excludes halogenated alkanes) is 36. The van der Waals surface area contributed by atoms with E-state index in [4.69, 9.17) is 0 Å². The summed E-state index contributed by atoms with van der Waals surface area (Å²) < 4.78 is 0. The molecule has 0 radical (unpaired) electrons. The highest BCUT2D eigenvalue weighted by molar-refractivity contribution is 5.76. The highest BCUT2D eigenvalue weighted by Gasteiger charge is 2.20. The average molecular weight is 804 g/mol. The van der Waals surface area contributed by atoms with E-state index in [1.165, 1.54) is 225 Å². The van der Waals surface area contributed by atoms with Crippen LogP contribution in [-0.4, -0.2) is 46.1 Å². The normalized spacial score (nSPS) is 13.6. The lowest BCUT2D eigenvalue weighted by atomic mass is 10.0. The third-order valence-corrected chi connectivity index (χ3v) is 12.0. The molecule has 0 aromatic carbocycles. The summed E-state index contributed by atoms with van der Waals surface area (Å²) in [7, 11) is 0. The molecule has 0 bridgehead atoms. The molecule has 1 amide bonds. The molecule has 4 N–H and O–H groups in total. The van der Waals surface area contributed by atoms with Gasteiger partial charge in [-0.15, -0.1) is 0 Å². The Morgan fingerprint density at radius 2 is 0.737 bits per heavy atom. The van der Waals surface area contributed by atoms with Crippen LogP contribution in [0.2, 0.25) is 0 Å². The largest absolute Gasteiger partial charge is 0.394 e. The van der Waals surface area contributed by atoms with Crippen LogP contribution in [-0.2, 0) is 4.79 Å². The van der Waals surface area contributed by atoms with Gasteiger partial charge in [0.1, 0.15) is 0 Å². The average Bonchev–Trinajstić information content (AvgIpc) is 3.20. The Hall–Kier alpha value is -1.17. The highest BCUT2D eigenvalue weighted by atomic mass is 16.3. The van der Waals surface area contributed by atoms with Gasteiger partial charge in [0.15, 0.2) is 0 Å². The van der Waals surface area contributed by atoms with E-state index in [0.29, 0.717) is 6.42 Å². The topological polar surface area (TPSA) is 89.8 Å². The Morgan fingerprint density at radius 3 is 1.07 bits per heavy atom. The Bertz CT molecular complexity index is 844. The third kappa shape index (κ3) is 44.2. The molecular weight excluding hydrogens is 703 g/mol. The number of hydrogen-bond donors (Lipinski definition) is 4. The van der Waals surface area contributed by atoms with E-state index in [1.807, 2.05) is 6.08 Å². The molecule has 57 heavy (non-hydrogen) atoms. The van der Waals surface area contributed by atoms with E-state index in [2.05, 4.69) is 31.3 Å². The van der Waals surface area contributed by atoms with Gasteiger partial charge in [-0.3, -0.25) is 4.79 Å². The van der Waals surface area contributed by atoms with Gasteiger partial charge >= 0.3 is 0 Å². The van der Waals surface area contributed by atoms with Crippen LogP contribution in [0.4, 0.5) is 0 Å². The van der Waals surface area contributed by atoms with Crippen molar-refractivity contribution in [3.63, 3.8) is 0 Å². The monoisotopic (exact) mass is 804 g/mol. The Balaban J connectivity index is 3.61. The van der Waals surface area contributed by atoms with Crippen LogP contribution in [0.3, 0.4) is 0 Å². The molecule has 0 rings (SSSR count). The fourth-order valence-corrected chi connectivity index (χ4v) is 8.04. The summed E-state index contributed by atoms with van der Waals surface area (Å²) in [6, 6.07) is -0.745. The van der Waals surface area contributed by atoms with Gasteiger partial charge < -0.3 is 20.6 Å². The standard InChI is InChI=1S/C52H101NO4/c1-3-5-7-9-11-13-15-17-19-21-23-25-26-27-29-31-33-35-37-39-41-43-45-49(55)47-52(57)53-50(48-54)51(56)46-44-42-40-38-36-34-32-30-28-24-22-20-18-16-14-12-10-8-6-4-2/h27,29,44,46,49-51,54-56H,3-26,28,30-43,45,47-48H2,1-2H3,(H,53,57)/b29-27-,46-44+. The highest BCUT2D eigenvalue weighted by Crippen LogP contribution is 2.17. The lowest BCUT2D eigenvalue weighted by Crippen LogP contribution is -2.45. The van der Waals surface area contributed by atoms with Crippen molar-refractivity contribution in [2.75, 3.05) is 6.61 Å². The van der Waals surface area contributed by atoms with Crippen molar-refractivity contribution in [3.8, 4) is 0 Å². The van der Waals surface area contributed by atoms with Crippen LogP contribution < -0.4 is 5.32 Å². The summed E-state index contributed by atoms with van der Waals surface area (Å²) >= 11 is 0. The molecule has 3 unspecified atom stereocenters. The molecule has 0 aliphatic rings. The summed E-state index contributed by atoms with van der Waals surface area (Å²) in [4.78, 5) is 12.5. The molecular formula is C52H101NO4. The SMILES string of the molecule is CCCCCCCCCCCCCC/C=C\CCCCCCCCC(O)CC(=O)NC(CO)C(O)/C=C/CCCCCCCCCCCCCCCCCCCC. The second-order valence-corrected chi connectivity index (χ2v) is 17.8. The second kappa shape index (κ2) is 47.5. The van der Waals surface area contributed by atoms with Crippen molar-refractivity contribution in [2.24, 2.45) is 0 Å². The zero-order valence-corrected chi connectivity index (χ0v) is 38.5. The van der Waals surface area contributed by atoms with Gasteiger partial charge in [0.05, 0.1) is 31.3 Å². The smallest absolute Gasteiger partial charge is 0.222 e. The molecule has 3 atom stereocenters. The maximum atomic E-state index is 12.5. The van der Waals surface area contributed by atoms with Crippen molar-refractivity contribution in [1.29, 1.82) is 0 Å². The second-order valence-electron chi connectivity index (χ2n) is 17.8. The molecule has 0 fully saturated rings. The predicted molar refractivity (Wildman–Crippen MR) is 250 cm³/mol. The number of aliphatic hydroxyl groups excluding tert-OH is 3. The van der Waals surface area contributed by atoms with Crippen LogP contribution in [0, 0.1) is 0 Å². The van der Waals surface area contributed by atoms with E-state index in [-0.39, 0.29) is 18.9 Å². The van der Waals surface area contributed by atoms with Crippen LogP contribution in [0.5, 0.6) is 0 Å². The van der Waals surface area contributed by atoms with Crippen LogP contribution >= 0.6 is 0 Å². The lowest BCUT2D eigenvalue weighted by molar-refractivity contribution is -0.124. The Morgan fingerprint density at radius 1 is 0.439 bits per heavy atom. The third-order valence-electron chi connectivity index (χ3n) is 12.0. The minimum Gasteiger partial charge on any atom is -0.394 e. The van der Waals surface area contributed by atoms with E-state index in [9.17, 15) is 20.1 Å². The minimum atomic E-state index is -0.929. The van der Waals surface area contributed by atoms with Gasteiger partial charge in [0.2, 0.25) is 5.91 Å². The molecule has 0 heterocycles. The van der Waals surface area contributed by atoms with Crippen molar-refractivity contribution >= 4 is 5.91 Å². The zero-order chi connectivity index (χ0) is 41.5. The van der Waals surface area contributed by atoms with Gasteiger partial charge in [-0.25, -0.2) is 0 Å². The summed E-state index contributed by atoms with van der Waals surface area (Å²) in [5.41, 5.74) is 0. The Labute approximate surface area is 356 Å². The van der Waals surface area contributed by atoms with Gasteiger partial charge in [-0.05, 0) is 44.9 Å². The van der Waals surface area contributed by atoms with Crippen molar-refractivity contribution in [3.05, 3.63) is 24.3 Å². The molecule has 0 spiro atoms. The van der Waals surface area contributed by atoms with Gasteiger partial charge in [-0.1, -0.05) is 250 Å². The molecule has 5 nitrogen and oxygen atoms in total. The number of rotatable bonds is 47. The Kier molecular flexibility index (Phi) is 46.5. The molecule has 338 valence electrons. The number of aliphatic hydroxyl groups is 3. The van der Waals surface area contributed by atoms with Crippen molar-refractivity contribution < 1.29 is 20.1 Å². The number of nitrogens with one attached hydrogen (secondary N) is 1. The fraction of sp³-hybridized carbons (Fsp3) is 0.904. The molecule has 5 heteroatoms.